The zero-order valence-corrected chi connectivity index (χ0v) is 13.0. The Bertz CT molecular complexity index is 682. The molecular formula is C12H9Cl3N4O2. The highest BCUT2D eigenvalue weighted by atomic mass is 35.5. The number of carbonyl (C=O) groups excluding carboxylic acids is 1. The van der Waals surface area contributed by atoms with E-state index in [0.29, 0.717) is 10.7 Å². The largest absolute Gasteiger partial charge is 0.464 e. The fraction of sp³-hybridized carbons (Fsp3) is 0.167. The summed E-state index contributed by atoms with van der Waals surface area (Å²) in [5, 5.41) is 3.29. The number of halogens is 3. The molecule has 110 valence electrons. The zero-order valence-electron chi connectivity index (χ0n) is 10.7. The first-order valence-corrected chi connectivity index (χ1v) is 6.81. The van der Waals surface area contributed by atoms with E-state index >= 15 is 0 Å². The van der Waals surface area contributed by atoms with E-state index in [1.54, 1.807) is 18.3 Å². The molecule has 0 atom stereocenters. The van der Waals surface area contributed by atoms with Gasteiger partial charge in [0.15, 0.2) is 11.5 Å². The molecule has 2 rings (SSSR count). The van der Waals surface area contributed by atoms with Crippen molar-refractivity contribution < 1.29 is 9.53 Å². The van der Waals surface area contributed by atoms with Gasteiger partial charge in [-0.2, -0.15) is 4.98 Å². The zero-order chi connectivity index (χ0) is 15.4. The van der Waals surface area contributed by atoms with E-state index in [1.807, 2.05) is 0 Å². The van der Waals surface area contributed by atoms with E-state index in [4.69, 9.17) is 34.8 Å². The maximum absolute atomic E-state index is 11.6. The van der Waals surface area contributed by atoms with Crippen LogP contribution in [0.5, 0.6) is 0 Å². The molecule has 6 nitrogen and oxygen atoms in total. The Balaban J connectivity index is 2.26. The third-order valence-corrected chi connectivity index (χ3v) is 3.33. The maximum Gasteiger partial charge on any atom is 0.358 e. The van der Waals surface area contributed by atoms with Gasteiger partial charge in [-0.15, -0.1) is 0 Å². The Morgan fingerprint density at radius 3 is 2.76 bits per heavy atom. The molecule has 0 fully saturated rings. The molecular weight excluding hydrogens is 339 g/mol. The summed E-state index contributed by atoms with van der Waals surface area (Å²) >= 11 is 17.8. The number of anilines is 1. The van der Waals surface area contributed by atoms with Crippen LogP contribution in [0.3, 0.4) is 0 Å². The molecule has 1 N–H and O–H groups in total. The lowest BCUT2D eigenvalue weighted by Gasteiger charge is -2.10. The Morgan fingerprint density at radius 2 is 2.10 bits per heavy atom. The predicted octanol–water partition coefficient (Wildman–Crippen LogP) is 3.23. The number of hydrogen-bond acceptors (Lipinski definition) is 6. The first-order chi connectivity index (χ1) is 10.0. The number of methoxy groups -OCH3 is 1. The van der Waals surface area contributed by atoms with Crippen molar-refractivity contribution in [3.8, 4) is 0 Å². The van der Waals surface area contributed by atoms with Crippen molar-refractivity contribution in [3.05, 3.63) is 45.0 Å². The Labute approximate surface area is 135 Å². The number of nitrogens with zero attached hydrogens (tertiary/aromatic N) is 3. The molecule has 0 amide bonds. The number of aromatic nitrogens is 3. The maximum atomic E-state index is 11.6. The van der Waals surface area contributed by atoms with Gasteiger partial charge in [0.1, 0.15) is 5.02 Å². The summed E-state index contributed by atoms with van der Waals surface area (Å²) < 4.78 is 4.58. The van der Waals surface area contributed by atoms with Gasteiger partial charge in [0.05, 0.1) is 24.4 Å². The Morgan fingerprint density at radius 1 is 1.33 bits per heavy atom. The van der Waals surface area contributed by atoms with Crippen LogP contribution in [0, 0.1) is 0 Å². The van der Waals surface area contributed by atoms with E-state index in [2.05, 4.69) is 25.0 Å². The summed E-state index contributed by atoms with van der Waals surface area (Å²) in [4.78, 5) is 23.3. The van der Waals surface area contributed by atoms with E-state index in [1.165, 1.54) is 7.11 Å². The second-order valence-corrected chi connectivity index (χ2v) is 4.90. The van der Waals surface area contributed by atoms with E-state index in [0.717, 1.165) is 0 Å². The van der Waals surface area contributed by atoms with Crippen molar-refractivity contribution in [2.45, 2.75) is 6.54 Å². The van der Waals surface area contributed by atoms with E-state index in [9.17, 15) is 4.79 Å². The minimum atomic E-state index is -0.705. The number of nitrogens with one attached hydrogen (secondary N) is 1. The Kier molecular flexibility index (Phi) is 5.17. The van der Waals surface area contributed by atoms with E-state index in [-0.39, 0.29) is 28.4 Å². The standard InChI is InChI=1S/C12H9Cl3N4O2/c1-21-11(20)9-8(14)10(19-12(15)18-9)17-5-7-6(13)3-2-4-16-7/h2-4H,5H2,1H3,(H,17,18,19). The van der Waals surface area contributed by atoms with Gasteiger partial charge in [0.2, 0.25) is 5.28 Å². The fourth-order valence-corrected chi connectivity index (χ4v) is 2.07. The van der Waals surface area contributed by atoms with Gasteiger partial charge in [-0.3, -0.25) is 4.98 Å². The average Bonchev–Trinajstić information content (AvgIpc) is 2.48. The second-order valence-electron chi connectivity index (χ2n) is 3.78. The minimum Gasteiger partial charge on any atom is -0.464 e. The molecule has 21 heavy (non-hydrogen) atoms. The van der Waals surface area contributed by atoms with Crippen LogP contribution in [0.4, 0.5) is 5.82 Å². The average molecular weight is 348 g/mol. The fourth-order valence-electron chi connectivity index (χ4n) is 1.48. The number of esters is 1. The highest BCUT2D eigenvalue weighted by Crippen LogP contribution is 2.26. The number of rotatable bonds is 4. The van der Waals surface area contributed by atoms with Gasteiger partial charge < -0.3 is 10.1 Å². The molecule has 0 radical (unpaired) electrons. The van der Waals surface area contributed by atoms with Crippen LogP contribution in [-0.2, 0) is 11.3 Å². The summed E-state index contributed by atoms with van der Waals surface area (Å²) in [5.41, 5.74) is 0.485. The van der Waals surface area contributed by atoms with Crippen LogP contribution >= 0.6 is 34.8 Å². The minimum absolute atomic E-state index is 0.0123. The van der Waals surface area contributed by atoms with Crippen LogP contribution in [0.15, 0.2) is 18.3 Å². The Hall–Kier alpha value is -1.63. The molecule has 2 aromatic rings. The SMILES string of the molecule is COC(=O)c1nc(Cl)nc(NCc2ncccc2Cl)c1Cl. The second kappa shape index (κ2) is 6.89. The molecule has 0 spiro atoms. The number of ether oxygens (including phenoxy) is 1. The van der Waals surface area contributed by atoms with Crippen LogP contribution < -0.4 is 5.32 Å². The molecule has 0 unspecified atom stereocenters. The van der Waals surface area contributed by atoms with E-state index < -0.39 is 5.97 Å². The monoisotopic (exact) mass is 346 g/mol. The number of pyridine rings is 1. The van der Waals surface area contributed by atoms with Crippen LogP contribution in [-0.4, -0.2) is 28.0 Å². The van der Waals surface area contributed by atoms with Gasteiger partial charge in [-0.05, 0) is 23.7 Å². The number of hydrogen-bond donors (Lipinski definition) is 1. The molecule has 0 aliphatic carbocycles. The molecule has 0 bridgehead atoms. The molecule has 0 aliphatic rings. The van der Waals surface area contributed by atoms with Crippen molar-refractivity contribution >= 4 is 46.6 Å². The summed E-state index contributed by atoms with van der Waals surface area (Å²) in [5.74, 6) is -0.512. The summed E-state index contributed by atoms with van der Waals surface area (Å²) in [6, 6.07) is 3.43. The van der Waals surface area contributed by atoms with Crippen molar-refractivity contribution in [3.63, 3.8) is 0 Å². The quantitative estimate of drug-likeness (QED) is 0.676. The molecule has 2 heterocycles. The topological polar surface area (TPSA) is 77.0 Å². The molecule has 0 saturated carbocycles. The molecule has 0 aromatic carbocycles. The number of carbonyl (C=O) groups is 1. The lowest BCUT2D eigenvalue weighted by atomic mass is 10.3. The van der Waals surface area contributed by atoms with Crippen LogP contribution in [0.2, 0.25) is 15.3 Å². The molecule has 0 aliphatic heterocycles. The highest BCUT2D eigenvalue weighted by Gasteiger charge is 2.19. The van der Waals surface area contributed by atoms with Gasteiger partial charge in [-0.25, -0.2) is 9.78 Å². The summed E-state index contributed by atoms with van der Waals surface area (Å²) in [7, 11) is 1.22. The normalized spacial score (nSPS) is 10.3. The molecule has 0 saturated heterocycles. The van der Waals surface area contributed by atoms with Crippen molar-refractivity contribution in [2.75, 3.05) is 12.4 Å². The highest BCUT2D eigenvalue weighted by molar-refractivity contribution is 6.36. The third-order valence-electron chi connectivity index (χ3n) is 2.46. The smallest absolute Gasteiger partial charge is 0.358 e. The van der Waals surface area contributed by atoms with Crippen molar-refractivity contribution in [1.82, 2.24) is 15.0 Å². The summed E-state index contributed by atoms with van der Waals surface area (Å²) in [6.45, 7) is 0.257. The predicted molar refractivity (Wildman–Crippen MR) is 80.0 cm³/mol. The first kappa shape index (κ1) is 15.8. The lowest BCUT2D eigenvalue weighted by molar-refractivity contribution is 0.0594. The van der Waals surface area contributed by atoms with Gasteiger partial charge >= 0.3 is 5.97 Å². The van der Waals surface area contributed by atoms with Crippen LogP contribution in [0.25, 0.3) is 0 Å². The van der Waals surface area contributed by atoms with Gasteiger partial charge in [0.25, 0.3) is 0 Å². The van der Waals surface area contributed by atoms with Crippen molar-refractivity contribution in [2.24, 2.45) is 0 Å². The first-order valence-electron chi connectivity index (χ1n) is 5.67. The molecule has 9 heteroatoms. The third kappa shape index (κ3) is 3.72. The van der Waals surface area contributed by atoms with Gasteiger partial charge in [-0.1, -0.05) is 23.2 Å². The van der Waals surface area contributed by atoms with Gasteiger partial charge in [0, 0.05) is 6.20 Å². The lowest BCUT2D eigenvalue weighted by Crippen LogP contribution is -2.11. The van der Waals surface area contributed by atoms with Crippen LogP contribution in [0.1, 0.15) is 16.2 Å². The van der Waals surface area contributed by atoms with Crippen molar-refractivity contribution in [1.29, 1.82) is 0 Å². The summed E-state index contributed by atoms with van der Waals surface area (Å²) in [6.07, 6.45) is 1.61. The molecule has 2 aromatic heterocycles.